The third-order valence-electron chi connectivity index (χ3n) is 6.83. The topological polar surface area (TPSA) is 119 Å². The number of H-pyrrole nitrogens is 1. The molecule has 1 aromatic carbocycles. The highest BCUT2D eigenvalue weighted by Crippen LogP contribution is 2.32. The SMILES string of the molecule is Cc1cc(Nc2cc(N3CCN(C(=O)CCC(C)C)CC3)nc(Sc3ccc(NC(=O)C4CC4)cc3)n2)n[nH]1. The molecule has 0 unspecified atom stereocenters. The Kier molecular flexibility index (Phi) is 8.35. The number of aryl methyl sites for hydroxylation is 1. The Morgan fingerprint density at radius 1 is 1.05 bits per heavy atom. The molecule has 2 aromatic heterocycles. The second-order valence-corrected chi connectivity index (χ2v) is 11.7. The van der Waals surface area contributed by atoms with Gasteiger partial charge in [-0.05, 0) is 68.1 Å². The molecule has 1 saturated carbocycles. The number of amides is 2. The van der Waals surface area contributed by atoms with E-state index >= 15 is 0 Å². The first kappa shape index (κ1) is 27.0. The Hall–Kier alpha value is -3.60. The summed E-state index contributed by atoms with van der Waals surface area (Å²) in [5.41, 5.74) is 1.75. The first-order valence-electron chi connectivity index (χ1n) is 13.6. The van der Waals surface area contributed by atoms with E-state index in [1.165, 1.54) is 11.8 Å². The molecule has 1 saturated heterocycles. The van der Waals surface area contributed by atoms with Crippen LogP contribution in [0.5, 0.6) is 0 Å². The molecule has 5 rings (SSSR count). The summed E-state index contributed by atoms with van der Waals surface area (Å²) in [5.74, 6) is 3.16. The van der Waals surface area contributed by atoms with E-state index in [1.54, 1.807) is 0 Å². The molecule has 1 aliphatic heterocycles. The minimum atomic E-state index is 0.0949. The lowest BCUT2D eigenvalue weighted by atomic mass is 10.1. The summed E-state index contributed by atoms with van der Waals surface area (Å²) in [4.78, 5) is 39.4. The molecule has 2 aliphatic rings. The first-order valence-corrected chi connectivity index (χ1v) is 14.4. The third kappa shape index (κ3) is 7.50. The van der Waals surface area contributed by atoms with Gasteiger partial charge in [0.25, 0.3) is 0 Å². The quantitative estimate of drug-likeness (QED) is 0.308. The zero-order chi connectivity index (χ0) is 27.4. The summed E-state index contributed by atoms with van der Waals surface area (Å²) in [5, 5.41) is 14.1. The smallest absolute Gasteiger partial charge is 0.227 e. The maximum absolute atomic E-state index is 12.6. The molecule has 0 bridgehead atoms. The van der Waals surface area contributed by atoms with Gasteiger partial charge in [0.1, 0.15) is 11.6 Å². The number of hydrogen-bond donors (Lipinski definition) is 3. The lowest BCUT2D eigenvalue weighted by Gasteiger charge is -2.35. The van der Waals surface area contributed by atoms with Crippen LogP contribution >= 0.6 is 11.8 Å². The second-order valence-electron chi connectivity index (χ2n) is 10.6. The molecule has 3 heterocycles. The number of piperazine rings is 1. The molecule has 0 atom stereocenters. The Balaban J connectivity index is 1.29. The van der Waals surface area contributed by atoms with Gasteiger partial charge in [-0.1, -0.05) is 13.8 Å². The zero-order valence-electron chi connectivity index (χ0n) is 22.7. The number of hydrogen-bond acceptors (Lipinski definition) is 8. The number of aromatic amines is 1. The Morgan fingerprint density at radius 3 is 2.44 bits per heavy atom. The largest absolute Gasteiger partial charge is 0.353 e. The van der Waals surface area contributed by atoms with Crippen LogP contribution in [0.1, 0.15) is 45.2 Å². The summed E-state index contributed by atoms with van der Waals surface area (Å²) >= 11 is 1.46. The van der Waals surface area contributed by atoms with E-state index in [-0.39, 0.29) is 17.7 Å². The van der Waals surface area contributed by atoms with Crippen molar-refractivity contribution in [3.05, 3.63) is 42.1 Å². The zero-order valence-corrected chi connectivity index (χ0v) is 23.6. The number of nitrogens with zero attached hydrogens (tertiary/aromatic N) is 5. The van der Waals surface area contributed by atoms with Crippen molar-refractivity contribution in [3.63, 3.8) is 0 Å². The van der Waals surface area contributed by atoms with Crippen LogP contribution in [0.25, 0.3) is 0 Å². The van der Waals surface area contributed by atoms with Crippen molar-refractivity contribution in [2.75, 3.05) is 41.7 Å². The van der Waals surface area contributed by atoms with Crippen molar-refractivity contribution in [2.24, 2.45) is 11.8 Å². The molecule has 3 N–H and O–H groups in total. The highest BCUT2D eigenvalue weighted by atomic mass is 32.2. The maximum Gasteiger partial charge on any atom is 0.227 e. The van der Waals surface area contributed by atoms with Crippen LogP contribution in [0, 0.1) is 18.8 Å². The van der Waals surface area contributed by atoms with E-state index in [0.717, 1.165) is 41.4 Å². The minimum absolute atomic E-state index is 0.0949. The van der Waals surface area contributed by atoms with Crippen LogP contribution in [0.15, 0.2) is 46.5 Å². The standard InChI is InChI=1S/C28H36N8O2S/c1-18(2)4-11-26(37)36-14-12-35(13-15-36)25-17-23(30-24-16-19(3)33-34-24)31-28(32-25)39-22-9-7-21(8-10-22)29-27(38)20-5-6-20/h7-10,16-18,20H,4-6,11-15H2,1-3H3,(H,29,38)(H2,30,31,32,33,34). The number of rotatable bonds is 10. The Labute approximate surface area is 233 Å². The average molecular weight is 549 g/mol. The number of aromatic nitrogens is 4. The van der Waals surface area contributed by atoms with E-state index in [0.29, 0.717) is 55.3 Å². The van der Waals surface area contributed by atoms with Crippen LogP contribution in [0.4, 0.5) is 23.1 Å². The van der Waals surface area contributed by atoms with Gasteiger partial charge in [0.15, 0.2) is 11.0 Å². The molecule has 206 valence electrons. The fourth-order valence-corrected chi connectivity index (χ4v) is 5.12. The number of benzene rings is 1. The molecule has 2 amide bonds. The molecule has 0 spiro atoms. The lowest BCUT2D eigenvalue weighted by Crippen LogP contribution is -2.49. The molecule has 0 radical (unpaired) electrons. The fraction of sp³-hybridized carbons (Fsp3) is 0.464. The molecule has 2 fully saturated rings. The lowest BCUT2D eigenvalue weighted by molar-refractivity contribution is -0.131. The van der Waals surface area contributed by atoms with Crippen molar-refractivity contribution in [1.29, 1.82) is 0 Å². The van der Waals surface area contributed by atoms with Crippen molar-refractivity contribution in [2.45, 2.75) is 56.5 Å². The van der Waals surface area contributed by atoms with E-state index in [9.17, 15) is 9.59 Å². The van der Waals surface area contributed by atoms with Gasteiger partial charge < -0.3 is 20.4 Å². The molecule has 39 heavy (non-hydrogen) atoms. The van der Waals surface area contributed by atoms with Crippen LogP contribution in [0.3, 0.4) is 0 Å². The summed E-state index contributed by atoms with van der Waals surface area (Å²) in [6, 6.07) is 11.6. The van der Waals surface area contributed by atoms with Gasteiger partial charge in [-0.2, -0.15) is 5.10 Å². The van der Waals surface area contributed by atoms with Gasteiger partial charge >= 0.3 is 0 Å². The van der Waals surface area contributed by atoms with Gasteiger partial charge in [-0.25, -0.2) is 9.97 Å². The van der Waals surface area contributed by atoms with Crippen LogP contribution in [-0.4, -0.2) is 63.1 Å². The number of carbonyl (C=O) groups is 2. The van der Waals surface area contributed by atoms with Crippen molar-refractivity contribution in [1.82, 2.24) is 25.1 Å². The van der Waals surface area contributed by atoms with Crippen molar-refractivity contribution < 1.29 is 9.59 Å². The molecular formula is C28H36N8O2S. The van der Waals surface area contributed by atoms with E-state index in [1.807, 2.05) is 48.2 Å². The van der Waals surface area contributed by atoms with Crippen LogP contribution in [-0.2, 0) is 9.59 Å². The third-order valence-corrected chi connectivity index (χ3v) is 7.70. The summed E-state index contributed by atoms with van der Waals surface area (Å²) in [6.45, 7) is 9.03. The predicted molar refractivity (Wildman–Crippen MR) is 153 cm³/mol. The number of nitrogens with one attached hydrogen (secondary N) is 3. The minimum Gasteiger partial charge on any atom is -0.353 e. The van der Waals surface area contributed by atoms with Gasteiger partial charge in [0.2, 0.25) is 11.8 Å². The van der Waals surface area contributed by atoms with E-state index < -0.39 is 0 Å². The average Bonchev–Trinajstić information content (AvgIpc) is 3.70. The molecule has 11 heteroatoms. The normalized spacial score (nSPS) is 15.5. The molecule has 10 nitrogen and oxygen atoms in total. The van der Waals surface area contributed by atoms with Gasteiger partial charge in [-0.3, -0.25) is 14.7 Å². The van der Waals surface area contributed by atoms with Gasteiger partial charge in [0.05, 0.1) is 0 Å². The second kappa shape index (κ2) is 12.1. The predicted octanol–water partition coefficient (Wildman–Crippen LogP) is 4.84. The summed E-state index contributed by atoms with van der Waals surface area (Å²) < 4.78 is 0. The van der Waals surface area contributed by atoms with Crippen molar-refractivity contribution >= 4 is 46.7 Å². The van der Waals surface area contributed by atoms with Crippen LogP contribution < -0.4 is 15.5 Å². The van der Waals surface area contributed by atoms with Gasteiger partial charge in [-0.15, -0.1) is 0 Å². The summed E-state index contributed by atoms with van der Waals surface area (Å²) in [7, 11) is 0. The monoisotopic (exact) mass is 548 g/mol. The molecule has 1 aliphatic carbocycles. The summed E-state index contributed by atoms with van der Waals surface area (Å²) in [6.07, 6.45) is 3.48. The fourth-order valence-electron chi connectivity index (χ4n) is 4.35. The Morgan fingerprint density at radius 2 is 1.79 bits per heavy atom. The first-order chi connectivity index (χ1) is 18.8. The number of carbonyl (C=O) groups excluding carboxylic acids is 2. The Bertz CT molecular complexity index is 1300. The highest BCUT2D eigenvalue weighted by molar-refractivity contribution is 7.99. The van der Waals surface area contributed by atoms with Crippen LogP contribution in [0.2, 0.25) is 0 Å². The molecular weight excluding hydrogens is 512 g/mol. The highest BCUT2D eigenvalue weighted by Gasteiger charge is 2.29. The number of anilines is 4. The van der Waals surface area contributed by atoms with E-state index in [4.69, 9.17) is 9.97 Å². The van der Waals surface area contributed by atoms with Gasteiger partial charge in [0, 0.05) is 66.9 Å². The van der Waals surface area contributed by atoms with E-state index in [2.05, 4.69) is 39.6 Å². The maximum atomic E-state index is 12.6. The molecule has 3 aromatic rings. The van der Waals surface area contributed by atoms with Crippen molar-refractivity contribution in [3.8, 4) is 0 Å².